The lowest BCUT2D eigenvalue weighted by Gasteiger charge is -2.15. The van der Waals surface area contributed by atoms with Crippen molar-refractivity contribution < 1.29 is 0 Å². The smallest absolute Gasteiger partial charge is 0.165 e. The molecule has 258 valence electrons. The zero-order valence-electron chi connectivity index (χ0n) is 29.9. The van der Waals surface area contributed by atoms with Crippen LogP contribution in [0.1, 0.15) is 17.7 Å². The van der Waals surface area contributed by atoms with Crippen molar-refractivity contribution >= 4 is 71.6 Å². The third kappa shape index (κ3) is 4.41. The molecule has 4 aromatic heterocycles. The molecule has 12 rings (SSSR count). The molecule has 0 aliphatic heterocycles. The third-order valence-electron chi connectivity index (χ3n) is 11.5. The largest absolute Gasteiger partial charge is 0.313 e. The van der Waals surface area contributed by atoms with Gasteiger partial charge < -0.3 is 9.13 Å². The highest BCUT2D eigenvalue weighted by Gasteiger charge is 2.24. The molecule has 0 spiro atoms. The molecule has 0 N–H and O–H groups in total. The van der Waals surface area contributed by atoms with Crippen molar-refractivity contribution in [2.75, 3.05) is 0 Å². The number of para-hydroxylation sites is 5. The number of hydrogen-bond acceptors (Lipinski definition) is 2. The van der Waals surface area contributed by atoms with Crippen LogP contribution in [0.3, 0.4) is 0 Å². The average Bonchev–Trinajstić information content (AvgIpc) is 3.88. The van der Waals surface area contributed by atoms with Crippen LogP contribution in [-0.2, 0) is 6.42 Å². The van der Waals surface area contributed by atoms with Crippen LogP contribution in [0.15, 0.2) is 170 Å². The first-order valence-corrected chi connectivity index (χ1v) is 19.0. The summed E-state index contributed by atoms with van der Waals surface area (Å²) in [6.07, 6.45) is 6.67. The maximum Gasteiger partial charge on any atom is 0.165 e. The van der Waals surface area contributed by atoms with E-state index < -0.39 is 0 Å². The van der Waals surface area contributed by atoms with Crippen molar-refractivity contribution in [1.82, 2.24) is 23.7 Å². The Morgan fingerprint density at radius 3 is 1.82 bits per heavy atom. The summed E-state index contributed by atoms with van der Waals surface area (Å²) in [5.41, 5.74) is 14.5. The van der Waals surface area contributed by atoms with Gasteiger partial charge in [0.05, 0.1) is 38.6 Å². The van der Waals surface area contributed by atoms with Crippen LogP contribution in [0.2, 0.25) is 0 Å². The van der Waals surface area contributed by atoms with Crippen LogP contribution in [-0.4, -0.2) is 23.7 Å². The van der Waals surface area contributed by atoms with Crippen LogP contribution in [0.4, 0.5) is 0 Å². The van der Waals surface area contributed by atoms with E-state index in [-0.39, 0.29) is 0 Å². The Hall–Kier alpha value is -7.24. The topological polar surface area (TPSA) is 40.6 Å². The predicted octanol–water partition coefficient (Wildman–Crippen LogP) is 12.4. The van der Waals surface area contributed by atoms with Crippen molar-refractivity contribution in [1.29, 1.82) is 0 Å². The third-order valence-corrected chi connectivity index (χ3v) is 11.5. The molecule has 7 aromatic carbocycles. The van der Waals surface area contributed by atoms with Gasteiger partial charge in [-0.1, -0.05) is 109 Å². The van der Waals surface area contributed by atoms with Crippen molar-refractivity contribution in [3.63, 3.8) is 0 Å². The maximum absolute atomic E-state index is 5.33. The predicted molar refractivity (Wildman–Crippen MR) is 228 cm³/mol. The molecule has 11 aromatic rings. The first-order valence-electron chi connectivity index (χ1n) is 19.0. The van der Waals surface area contributed by atoms with Crippen LogP contribution in [0, 0.1) is 0 Å². The van der Waals surface area contributed by atoms with E-state index in [0.29, 0.717) is 0 Å². The number of nitrogens with zero attached hydrogens (tertiary/aromatic N) is 5. The van der Waals surface area contributed by atoms with Gasteiger partial charge in [-0.25, -0.2) is 9.97 Å². The second-order valence-electron chi connectivity index (χ2n) is 14.5. The number of allylic oxidation sites excluding steroid dienone is 1. The molecule has 0 bridgehead atoms. The summed E-state index contributed by atoms with van der Waals surface area (Å²) in [6, 6.07) is 58.6. The molecule has 0 saturated heterocycles. The number of hydrogen-bond donors (Lipinski definition) is 0. The summed E-state index contributed by atoms with van der Waals surface area (Å²) < 4.78 is 7.25. The zero-order valence-corrected chi connectivity index (χ0v) is 29.9. The van der Waals surface area contributed by atoms with E-state index in [9.17, 15) is 0 Å². The van der Waals surface area contributed by atoms with Crippen LogP contribution in [0.25, 0.3) is 100 Å². The number of benzene rings is 7. The lowest BCUT2D eigenvalue weighted by atomic mass is 10.0. The normalized spacial score (nSPS) is 12.9. The Balaban J connectivity index is 1.15. The van der Waals surface area contributed by atoms with E-state index in [1.165, 1.54) is 54.7 Å². The SMILES string of the molecule is C1=Cc2c(n(-c3ccc4c(c3)c3ccccc3n4-c3nc4ccccc4nc3-c3ccccc3)c3cc4c(cc23)c2ccccc2n4-c2ccccc2)CC1. The van der Waals surface area contributed by atoms with Gasteiger partial charge in [0.2, 0.25) is 0 Å². The molecule has 1 aliphatic carbocycles. The van der Waals surface area contributed by atoms with Gasteiger partial charge in [0.15, 0.2) is 5.82 Å². The molecule has 0 amide bonds. The van der Waals surface area contributed by atoms with Crippen LogP contribution >= 0.6 is 0 Å². The van der Waals surface area contributed by atoms with Gasteiger partial charge in [-0.05, 0) is 79.6 Å². The molecule has 0 unspecified atom stereocenters. The molecule has 0 saturated carbocycles. The number of fused-ring (bicyclic) bond motifs is 10. The van der Waals surface area contributed by atoms with E-state index >= 15 is 0 Å². The lowest BCUT2D eigenvalue weighted by Crippen LogP contribution is -2.04. The monoisotopic (exact) mass is 703 g/mol. The van der Waals surface area contributed by atoms with Gasteiger partial charge in [-0.15, -0.1) is 0 Å². The van der Waals surface area contributed by atoms with Crippen LogP contribution < -0.4 is 0 Å². The first kappa shape index (κ1) is 30.2. The Kier molecular flexibility index (Phi) is 6.39. The minimum absolute atomic E-state index is 0.828. The highest BCUT2D eigenvalue weighted by Crippen LogP contribution is 2.42. The Labute approximate surface area is 316 Å². The highest BCUT2D eigenvalue weighted by molar-refractivity contribution is 6.15. The summed E-state index contributed by atoms with van der Waals surface area (Å²) in [5, 5.41) is 6.20. The fourth-order valence-electron chi connectivity index (χ4n) is 9.09. The van der Waals surface area contributed by atoms with E-state index in [0.717, 1.165) is 63.4 Å². The Morgan fingerprint density at radius 1 is 0.418 bits per heavy atom. The van der Waals surface area contributed by atoms with E-state index in [1.807, 2.05) is 24.3 Å². The van der Waals surface area contributed by atoms with Gasteiger partial charge in [0.25, 0.3) is 0 Å². The fourth-order valence-corrected chi connectivity index (χ4v) is 9.09. The summed E-state index contributed by atoms with van der Waals surface area (Å²) in [7, 11) is 0. The molecular weight excluding hydrogens is 671 g/mol. The number of aromatic nitrogens is 5. The molecule has 0 fully saturated rings. The van der Waals surface area contributed by atoms with Crippen LogP contribution in [0.5, 0.6) is 0 Å². The van der Waals surface area contributed by atoms with E-state index in [1.54, 1.807) is 0 Å². The highest BCUT2D eigenvalue weighted by atomic mass is 15.1. The van der Waals surface area contributed by atoms with Gasteiger partial charge in [-0.3, -0.25) is 4.57 Å². The zero-order chi connectivity index (χ0) is 36.0. The van der Waals surface area contributed by atoms with Crippen molar-refractivity contribution in [2.45, 2.75) is 12.8 Å². The summed E-state index contributed by atoms with van der Waals surface area (Å²) in [4.78, 5) is 10.6. The van der Waals surface area contributed by atoms with Crippen molar-refractivity contribution in [3.8, 4) is 28.5 Å². The summed E-state index contributed by atoms with van der Waals surface area (Å²) in [5.74, 6) is 0.828. The van der Waals surface area contributed by atoms with Gasteiger partial charge in [0, 0.05) is 55.1 Å². The molecule has 4 heterocycles. The lowest BCUT2D eigenvalue weighted by molar-refractivity contribution is 0.889. The molecular formula is C50H33N5. The molecule has 0 radical (unpaired) electrons. The Bertz CT molecular complexity index is 3360. The van der Waals surface area contributed by atoms with E-state index in [4.69, 9.17) is 9.97 Å². The first-order chi connectivity index (χ1) is 27.3. The molecule has 5 nitrogen and oxygen atoms in total. The minimum atomic E-state index is 0.828. The second-order valence-corrected chi connectivity index (χ2v) is 14.5. The summed E-state index contributed by atoms with van der Waals surface area (Å²) in [6.45, 7) is 0. The standard InChI is InChI=1S/C50H33N5/c1-3-15-32(16-4-1)49-50(52-42-23-11-10-22-41(42)51-49)55-45-26-14-9-19-35(45)38-29-34(27-28-46(38)55)54-44-25-13-8-21-37(44)40-30-39-36-20-7-12-24-43(36)53(47(39)31-48(40)54)33-17-5-2-6-18-33/h1-12,14-24,26-31H,13,25H2. The molecule has 1 aliphatic rings. The molecule has 55 heavy (non-hydrogen) atoms. The van der Waals surface area contributed by atoms with Gasteiger partial charge in [0.1, 0.15) is 5.69 Å². The van der Waals surface area contributed by atoms with E-state index in [2.05, 4.69) is 165 Å². The molecule has 5 heteroatoms. The average molecular weight is 704 g/mol. The number of rotatable bonds is 4. The maximum atomic E-state index is 5.33. The molecule has 0 atom stereocenters. The van der Waals surface area contributed by atoms with Gasteiger partial charge >= 0.3 is 0 Å². The Morgan fingerprint density at radius 2 is 1.04 bits per heavy atom. The second kappa shape index (κ2) is 11.6. The van der Waals surface area contributed by atoms with Crippen molar-refractivity contribution in [3.05, 3.63) is 181 Å². The van der Waals surface area contributed by atoms with Crippen molar-refractivity contribution in [2.24, 2.45) is 0 Å². The van der Waals surface area contributed by atoms with Gasteiger partial charge in [-0.2, -0.15) is 0 Å². The fraction of sp³-hybridized carbons (Fsp3) is 0.0400. The quantitative estimate of drug-likeness (QED) is 0.183. The minimum Gasteiger partial charge on any atom is -0.313 e. The summed E-state index contributed by atoms with van der Waals surface area (Å²) >= 11 is 0.